The minimum absolute atomic E-state index is 0.313. The molecular weight excluding hydrogens is 342 g/mol. The van der Waals surface area contributed by atoms with E-state index < -0.39 is 6.10 Å². The van der Waals surface area contributed by atoms with E-state index in [1.807, 2.05) is 38.1 Å². The van der Waals surface area contributed by atoms with Gasteiger partial charge in [-0.1, -0.05) is 24.3 Å². The van der Waals surface area contributed by atoms with Crippen LogP contribution < -0.4 is 0 Å². The molecule has 0 radical (unpaired) electrons. The Labute approximate surface area is 120 Å². The van der Waals surface area contributed by atoms with E-state index in [2.05, 4.69) is 22.6 Å². The van der Waals surface area contributed by atoms with Crippen LogP contribution in [0.2, 0.25) is 0 Å². The highest BCUT2D eigenvalue weighted by Crippen LogP contribution is 2.28. The standard InChI is InChI=1S/C15H14FIO/c1-9-6-11(8-12(16)7-9)15(18)13-5-3-4-10(2)14(13)17/h3-8,15,18H,1-2H3. The lowest BCUT2D eigenvalue weighted by atomic mass is 9.98. The van der Waals surface area contributed by atoms with E-state index in [4.69, 9.17) is 0 Å². The largest absolute Gasteiger partial charge is 0.384 e. The summed E-state index contributed by atoms with van der Waals surface area (Å²) in [5, 5.41) is 10.4. The molecule has 1 N–H and O–H groups in total. The van der Waals surface area contributed by atoms with Crippen molar-refractivity contribution in [1.29, 1.82) is 0 Å². The number of rotatable bonds is 2. The molecular formula is C15H14FIO. The summed E-state index contributed by atoms with van der Waals surface area (Å²) in [4.78, 5) is 0. The Hall–Kier alpha value is -0.940. The zero-order valence-electron chi connectivity index (χ0n) is 10.2. The molecule has 0 fully saturated rings. The van der Waals surface area contributed by atoms with E-state index in [9.17, 15) is 9.50 Å². The summed E-state index contributed by atoms with van der Waals surface area (Å²) in [6.45, 7) is 3.81. The number of halogens is 2. The van der Waals surface area contributed by atoms with Crippen LogP contribution in [0, 0.1) is 23.2 Å². The van der Waals surface area contributed by atoms with Crippen molar-refractivity contribution in [2.75, 3.05) is 0 Å². The normalized spacial score (nSPS) is 12.5. The molecule has 0 heterocycles. The van der Waals surface area contributed by atoms with Crippen LogP contribution in [0.15, 0.2) is 36.4 Å². The second-order valence-electron chi connectivity index (χ2n) is 4.44. The van der Waals surface area contributed by atoms with Gasteiger partial charge >= 0.3 is 0 Å². The molecule has 94 valence electrons. The van der Waals surface area contributed by atoms with Crippen molar-refractivity contribution in [1.82, 2.24) is 0 Å². The Kier molecular flexibility index (Phi) is 4.02. The zero-order chi connectivity index (χ0) is 13.3. The van der Waals surface area contributed by atoms with Crippen molar-refractivity contribution < 1.29 is 9.50 Å². The second kappa shape index (κ2) is 5.36. The highest BCUT2D eigenvalue weighted by Gasteiger charge is 2.15. The molecule has 0 saturated carbocycles. The molecule has 2 rings (SSSR count). The molecule has 0 aliphatic heterocycles. The SMILES string of the molecule is Cc1cc(F)cc(C(O)c2cccc(C)c2I)c1. The highest BCUT2D eigenvalue weighted by atomic mass is 127. The van der Waals surface area contributed by atoms with Gasteiger partial charge in [0.05, 0.1) is 0 Å². The molecule has 1 unspecified atom stereocenters. The van der Waals surface area contributed by atoms with Crippen LogP contribution in [0.5, 0.6) is 0 Å². The quantitative estimate of drug-likeness (QED) is 0.803. The lowest BCUT2D eigenvalue weighted by Gasteiger charge is -2.15. The Bertz CT molecular complexity index is 560. The Morgan fingerprint density at radius 3 is 2.56 bits per heavy atom. The van der Waals surface area contributed by atoms with Gasteiger partial charge in [0, 0.05) is 3.57 Å². The molecule has 0 saturated heterocycles. The van der Waals surface area contributed by atoms with E-state index in [0.29, 0.717) is 5.56 Å². The fraction of sp³-hybridized carbons (Fsp3) is 0.200. The van der Waals surface area contributed by atoms with Crippen LogP contribution in [0.1, 0.15) is 28.4 Å². The average Bonchev–Trinajstić information content (AvgIpc) is 2.30. The van der Waals surface area contributed by atoms with E-state index in [1.165, 1.54) is 12.1 Å². The molecule has 0 amide bonds. The molecule has 18 heavy (non-hydrogen) atoms. The van der Waals surface area contributed by atoms with Crippen molar-refractivity contribution in [3.05, 3.63) is 68.0 Å². The smallest absolute Gasteiger partial charge is 0.123 e. The molecule has 1 atom stereocenters. The summed E-state index contributed by atoms with van der Waals surface area (Å²) in [6.07, 6.45) is -0.786. The first-order valence-corrected chi connectivity index (χ1v) is 6.77. The molecule has 0 bridgehead atoms. The first-order valence-electron chi connectivity index (χ1n) is 5.69. The van der Waals surface area contributed by atoms with Gasteiger partial charge in [0.1, 0.15) is 11.9 Å². The fourth-order valence-corrected chi connectivity index (χ4v) is 2.64. The van der Waals surface area contributed by atoms with Crippen molar-refractivity contribution in [2.45, 2.75) is 20.0 Å². The molecule has 0 aromatic heterocycles. The Morgan fingerprint density at radius 2 is 1.89 bits per heavy atom. The summed E-state index contributed by atoms with van der Waals surface area (Å²) < 4.78 is 14.4. The highest BCUT2D eigenvalue weighted by molar-refractivity contribution is 14.1. The number of hydrogen-bond acceptors (Lipinski definition) is 1. The van der Waals surface area contributed by atoms with Gasteiger partial charge in [-0.05, 0) is 70.8 Å². The predicted molar refractivity (Wildman–Crippen MR) is 79.1 cm³/mol. The van der Waals surface area contributed by atoms with Crippen molar-refractivity contribution in [3.63, 3.8) is 0 Å². The third-order valence-electron chi connectivity index (χ3n) is 2.90. The van der Waals surface area contributed by atoms with Crippen LogP contribution in [-0.4, -0.2) is 5.11 Å². The average molecular weight is 356 g/mol. The van der Waals surface area contributed by atoms with Gasteiger partial charge in [-0.2, -0.15) is 0 Å². The second-order valence-corrected chi connectivity index (χ2v) is 5.52. The number of aryl methyl sites for hydroxylation is 2. The lowest BCUT2D eigenvalue weighted by Crippen LogP contribution is -2.04. The number of benzene rings is 2. The first kappa shape index (κ1) is 13.5. The topological polar surface area (TPSA) is 20.2 Å². The van der Waals surface area contributed by atoms with Gasteiger partial charge in [0.2, 0.25) is 0 Å². The van der Waals surface area contributed by atoms with Gasteiger partial charge in [-0.25, -0.2) is 4.39 Å². The molecule has 3 heteroatoms. The van der Waals surface area contributed by atoms with Gasteiger partial charge in [-0.3, -0.25) is 0 Å². The first-order chi connectivity index (χ1) is 8.49. The van der Waals surface area contributed by atoms with E-state index >= 15 is 0 Å². The third kappa shape index (κ3) is 2.72. The lowest BCUT2D eigenvalue weighted by molar-refractivity contribution is 0.218. The number of aliphatic hydroxyl groups excluding tert-OH is 1. The Balaban J connectivity index is 2.47. The maximum Gasteiger partial charge on any atom is 0.123 e. The Morgan fingerprint density at radius 1 is 1.17 bits per heavy atom. The van der Waals surface area contributed by atoms with Crippen LogP contribution in [0.3, 0.4) is 0 Å². The van der Waals surface area contributed by atoms with Gasteiger partial charge in [0.25, 0.3) is 0 Å². The van der Waals surface area contributed by atoms with Crippen molar-refractivity contribution in [2.24, 2.45) is 0 Å². The summed E-state index contributed by atoms with van der Waals surface area (Å²) in [5.74, 6) is -0.313. The summed E-state index contributed by atoms with van der Waals surface area (Å²) in [7, 11) is 0. The van der Waals surface area contributed by atoms with Gasteiger partial charge < -0.3 is 5.11 Å². The summed E-state index contributed by atoms with van der Waals surface area (Å²) in [6, 6.07) is 10.4. The zero-order valence-corrected chi connectivity index (χ0v) is 12.4. The predicted octanol–water partition coefficient (Wildman–Crippen LogP) is 4.13. The summed E-state index contributed by atoms with van der Waals surface area (Å²) in [5.41, 5.74) is 3.34. The molecule has 0 aliphatic rings. The molecule has 2 aromatic rings. The summed E-state index contributed by atoms with van der Waals surface area (Å²) >= 11 is 2.21. The monoisotopic (exact) mass is 356 g/mol. The molecule has 0 spiro atoms. The fourth-order valence-electron chi connectivity index (χ4n) is 1.98. The maximum atomic E-state index is 13.4. The van der Waals surface area contributed by atoms with Gasteiger partial charge in [-0.15, -0.1) is 0 Å². The number of hydrogen-bond donors (Lipinski definition) is 1. The molecule has 2 aromatic carbocycles. The maximum absolute atomic E-state index is 13.4. The minimum Gasteiger partial charge on any atom is -0.384 e. The van der Waals surface area contributed by atoms with Crippen molar-refractivity contribution in [3.8, 4) is 0 Å². The van der Waals surface area contributed by atoms with Crippen LogP contribution in [0.4, 0.5) is 4.39 Å². The minimum atomic E-state index is -0.786. The van der Waals surface area contributed by atoms with Gasteiger partial charge in [0.15, 0.2) is 0 Å². The van der Waals surface area contributed by atoms with Crippen LogP contribution >= 0.6 is 22.6 Å². The number of aliphatic hydroxyl groups is 1. The van der Waals surface area contributed by atoms with E-state index in [0.717, 1.165) is 20.3 Å². The molecule has 1 nitrogen and oxygen atoms in total. The molecule has 0 aliphatic carbocycles. The van der Waals surface area contributed by atoms with Crippen LogP contribution in [-0.2, 0) is 0 Å². The van der Waals surface area contributed by atoms with Crippen molar-refractivity contribution >= 4 is 22.6 Å². The third-order valence-corrected chi connectivity index (χ3v) is 4.37. The van der Waals surface area contributed by atoms with E-state index in [1.54, 1.807) is 0 Å². The van der Waals surface area contributed by atoms with Crippen LogP contribution in [0.25, 0.3) is 0 Å². The van der Waals surface area contributed by atoms with E-state index in [-0.39, 0.29) is 5.82 Å².